The molecule has 2 rings (SSSR count). The zero-order valence-corrected chi connectivity index (χ0v) is 15.3. The van der Waals surface area contributed by atoms with Crippen molar-refractivity contribution < 1.29 is 14.5 Å². The van der Waals surface area contributed by atoms with Crippen LogP contribution in [0.25, 0.3) is 0 Å². The molecule has 0 aliphatic rings. The van der Waals surface area contributed by atoms with Crippen molar-refractivity contribution in [3.63, 3.8) is 0 Å². The van der Waals surface area contributed by atoms with Gasteiger partial charge in [0.1, 0.15) is 5.75 Å². The standard InChI is InChI=1S/C19H20N4O4/c1-13(22(2)12-15-6-4-5-14(9-15)11-20)19(24)21-17-10-16(23(25)26)7-8-18(17)27-3/h4-10,13H,12H2,1-3H3,(H,21,24). The summed E-state index contributed by atoms with van der Waals surface area (Å²) in [5, 5.41) is 22.6. The van der Waals surface area contributed by atoms with Gasteiger partial charge in [-0.2, -0.15) is 5.26 Å². The summed E-state index contributed by atoms with van der Waals surface area (Å²) in [4.78, 5) is 24.8. The summed E-state index contributed by atoms with van der Waals surface area (Å²) >= 11 is 0. The minimum Gasteiger partial charge on any atom is -0.495 e. The van der Waals surface area contributed by atoms with Crippen molar-refractivity contribution in [2.45, 2.75) is 19.5 Å². The first-order valence-electron chi connectivity index (χ1n) is 8.18. The second-order valence-electron chi connectivity index (χ2n) is 6.03. The van der Waals surface area contributed by atoms with E-state index in [1.54, 1.807) is 32.2 Å². The van der Waals surface area contributed by atoms with Crippen molar-refractivity contribution in [3.05, 3.63) is 63.7 Å². The molecule has 27 heavy (non-hydrogen) atoms. The smallest absolute Gasteiger partial charge is 0.271 e. The normalized spacial score (nSPS) is 11.5. The molecule has 1 N–H and O–H groups in total. The number of nitriles is 1. The molecule has 8 heteroatoms. The maximum absolute atomic E-state index is 12.6. The topological polar surface area (TPSA) is 108 Å². The van der Waals surface area contributed by atoms with Gasteiger partial charge < -0.3 is 10.1 Å². The Morgan fingerprint density at radius 3 is 2.74 bits per heavy atom. The second kappa shape index (κ2) is 8.78. The van der Waals surface area contributed by atoms with Crippen LogP contribution in [-0.2, 0) is 11.3 Å². The SMILES string of the molecule is COc1ccc([N+](=O)[O-])cc1NC(=O)C(C)N(C)Cc1cccc(C#N)c1. The molecule has 2 aromatic carbocycles. The Labute approximate surface area is 157 Å². The fourth-order valence-electron chi connectivity index (χ4n) is 2.51. The number of benzene rings is 2. The number of nitrogens with one attached hydrogen (secondary N) is 1. The first kappa shape index (κ1) is 19.9. The molecule has 0 aliphatic carbocycles. The third-order valence-corrected chi connectivity index (χ3v) is 4.18. The molecule has 8 nitrogen and oxygen atoms in total. The van der Waals surface area contributed by atoms with Crippen LogP contribution >= 0.6 is 0 Å². The molecule has 0 saturated carbocycles. The number of carbonyl (C=O) groups excluding carboxylic acids is 1. The Morgan fingerprint density at radius 1 is 1.37 bits per heavy atom. The van der Waals surface area contributed by atoms with Gasteiger partial charge in [0, 0.05) is 18.7 Å². The Morgan fingerprint density at radius 2 is 2.11 bits per heavy atom. The first-order valence-corrected chi connectivity index (χ1v) is 8.18. The van der Waals surface area contributed by atoms with Gasteiger partial charge in [-0.15, -0.1) is 0 Å². The third kappa shape index (κ3) is 5.03. The van der Waals surface area contributed by atoms with Crippen LogP contribution in [0, 0.1) is 21.4 Å². The molecule has 0 radical (unpaired) electrons. The fraction of sp³-hybridized carbons (Fsp3) is 0.263. The van der Waals surface area contributed by atoms with Gasteiger partial charge in [0.25, 0.3) is 5.69 Å². The van der Waals surface area contributed by atoms with E-state index in [2.05, 4.69) is 11.4 Å². The van der Waals surface area contributed by atoms with Crippen LogP contribution in [-0.4, -0.2) is 35.9 Å². The average Bonchev–Trinajstić information content (AvgIpc) is 2.67. The van der Waals surface area contributed by atoms with E-state index in [1.165, 1.54) is 25.3 Å². The molecule has 0 aliphatic heterocycles. The number of amides is 1. The highest BCUT2D eigenvalue weighted by molar-refractivity contribution is 5.96. The molecule has 0 heterocycles. The van der Waals surface area contributed by atoms with Gasteiger partial charge in [0.2, 0.25) is 5.91 Å². The number of nitro benzene ring substituents is 1. The van der Waals surface area contributed by atoms with Crippen LogP contribution in [0.5, 0.6) is 5.75 Å². The van der Waals surface area contributed by atoms with E-state index >= 15 is 0 Å². The van der Waals surface area contributed by atoms with Crippen molar-refractivity contribution in [2.24, 2.45) is 0 Å². The fourth-order valence-corrected chi connectivity index (χ4v) is 2.51. The molecule has 0 aromatic heterocycles. The Hall–Kier alpha value is -3.44. The predicted octanol–water partition coefficient (Wildman–Crippen LogP) is 2.93. The Bertz CT molecular complexity index is 892. The van der Waals surface area contributed by atoms with Crippen molar-refractivity contribution >= 4 is 17.3 Å². The molecule has 2 aromatic rings. The lowest BCUT2D eigenvalue weighted by molar-refractivity contribution is -0.384. The molecule has 1 atom stereocenters. The summed E-state index contributed by atoms with van der Waals surface area (Å²) in [5.74, 6) is 0.0123. The summed E-state index contributed by atoms with van der Waals surface area (Å²) in [6, 6.07) is 12.7. The van der Waals surface area contributed by atoms with Crippen molar-refractivity contribution in [3.8, 4) is 11.8 Å². The Kier molecular flexibility index (Phi) is 6.46. The van der Waals surface area contributed by atoms with E-state index in [0.717, 1.165) is 5.56 Å². The van der Waals surface area contributed by atoms with Crippen LogP contribution < -0.4 is 10.1 Å². The van der Waals surface area contributed by atoms with Crippen LogP contribution in [0.1, 0.15) is 18.1 Å². The van der Waals surface area contributed by atoms with E-state index in [4.69, 9.17) is 10.00 Å². The largest absolute Gasteiger partial charge is 0.495 e. The molecule has 0 bridgehead atoms. The number of hydrogen-bond acceptors (Lipinski definition) is 6. The number of likely N-dealkylation sites (N-methyl/N-ethyl adjacent to an activating group) is 1. The number of rotatable bonds is 7. The average molecular weight is 368 g/mol. The lowest BCUT2D eigenvalue weighted by atomic mass is 10.1. The first-order chi connectivity index (χ1) is 12.8. The molecular weight excluding hydrogens is 348 g/mol. The van der Waals surface area contributed by atoms with E-state index < -0.39 is 11.0 Å². The van der Waals surface area contributed by atoms with Crippen LogP contribution in [0.15, 0.2) is 42.5 Å². The zero-order chi connectivity index (χ0) is 20.0. The summed E-state index contributed by atoms with van der Waals surface area (Å²) < 4.78 is 5.16. The number of methoxy groups -OCH3 is 1. The van der Waals surface area contributed by atoms with Gasteiger partial charge in [-0.25, -0.2) is 0 Å². The highest BCUT2D eigenvalue weighted by Gasteiger charge is 2.21. The van der Waals surface area contributed by atoms with Gasteiger partial charge in [0.15, 0.2) is 0 Å². The highest BCUT2D eigenvalue weighted by atomic mass is 16.6. The lowest BCUT2D eigenvalue weighted by Gasteiger charge is -2.24. The van der Waals surface area contributed by atoms with Gasteiger partial charge in [-0.1, -0.05) is 12.1 Å². The number of nitro groups is 1. The van der Waals surface area contributed by atoms with E-state index in [1.807, 2.05) is 11.0 Å². The van der Waals surface area contributed by atoms with Crippen molar-refractivity contribution in [1.29, 1.82) is 5.26 Å². The van der Waals surface area contributed by atoms with Crippen LogP contribution in [0.4, 0.5) is 11.4 Å². The van der Waals surface area contributed by atoms with Crippen molar-refractivity contribution in [1.82, 2.24) is 4.90 Å². The number of non-ortho nitro benzene ring substituents is 1. The molecule has 0 spiro atoms. The third-order valence-electron chi connectivity index (χ3n) is 4.18. The van der Waals surface area contributed by atoms with Gasteiger partial charge in [-0.05, 0) is 37.7 Å². The summed E-state index contributed by atoms with van der Waals surface area (Å²) in [5.41, 5.74) is 1.56. The maximum Gasteiger partial charge on any atom is 0.271 e. The van der Waals surface area contributed by atoms with Gasteiger partial charge in [-0.3, -0.25) is 19.8 Å². The van der Waals surface area contributed by atoms with Gasteiger partial charge >= 0.3 is 0 Å². The second-order valence-corrected chi connectivity index (χ2v) is 6.03. The quantitative estimate of drug-likeness (QED) is 0.594. The van der Waals surface area contributed by atoms with Crippen molar-refractivity contribution in [2.75, 3.05) is 19.5 Å². The van der Waals surface area contributed by atoms with Gasteiger partial charge in [0.05, 0.1) is 35.4 Å². The van der Waals surface area contributed by atoms with E-state index in [-0.39, 0.29) is 17.3 Å². The zero-order valence-electron chi connectivity index (χ0n) is 15.3. The maximum atomic E-state index is 12.6. The molecule has 1 amide bonds. The summed E-state index contributed by atoms with van der Waals surface area (Å²) in [6.07, 6.45) is 0. The summed E-state index contributed by atoms with van der Waals surface area (Å²) in [6.45, 7) is 2.20. The minimum atomic E-state index is -0.535. The molecule has 0 saturated heterocycles. The van der Waals surface area contributed by atoms with E-state index in [9.17, 15) is 14.9 Å². The highest BCUT2D eigenvalue weighted by Crippen LogP contribution is 2.29. The number of ether oxygens (including phenoxy) is 1. The number of nitrogens with zero attached hydrogens (tertiary/aromatic N) is 3. The molecule has 1 unspecified atom stereocenters. The van der Waals surface area contributed by atoms with Crippen LogP contribution in [0.3, 0.4) is 0 Å². The van der Waals surface area contributed by atoms with Crippen LogP contribution in [0.2, 0.25) is 0 Å². The molecule has 140 valence electrons. The predicted molar refractivity (Wildman–Crippen MR) is 100 cm³/mol. The monoisotopic (exact) mass is 368 g/mol. The number of hydrogen-bond donors (Lipinski definition) is 1. The number of anilines is 1. The summed E-state index contributed by atoms with van der Waals surface area (Å²) in [7, 11) is 3.21. The number of carbonyl (C=O) groups is 1. The Balaban J connectivity index is 2.11. The molecule has 0 fully saturated rings. The minimum absolute atomic E-state index is 0.138. The molecular formula is C19H20N4O4. The van der Waals surface area contributed by atoms with E-state index in [0.29, 0.717) is 17.9 Å². The lowest BCUT2D eigenvalue weighted by Crippen LogP contribution is -2.39.